The largest absolute Gasteiger partial charge is 0.310 e. The maximum absolute atomic E-state index is 4.25. The Labute approximate surface area is 105 Å². The molecule has 1 aromatic heterocycles. The van der Waals surface area contributed by atoms with Crippen molar-refractivity contribution in [1.29, 1.82) is 0 Å². The second-order valence-electron chi connectivity index (χ2n) is 5.47. The molecular formula is C15H24N2. The highest BCUT2D eigenvalue weighted by Crippen LogP contribution is 2.23. The van der Waals surface area contributed by atoms with Crippen molar-refractivity contribution < 1.29 is 0 Å². The molecule has 94 valence electrons. The van der Waals surface area contributed by atoms with Gasteiger partial charge < -0.3 is 5.32 Å². The summed E-state index contributed by atoms with van der Waals surface area (Å²) in [6.45, 7) is 5.45. The zero-order valence-electron chi connectivity index (χ0n) is 11.1. The highest BCUT2D eigenvalue weighted by Gasteiger charge is 2.18. The molecule has 1 heterocycles. The summed E-state index contributed by atoms with van der Waals surface area (Å²) in [5.74, 6) is 0.815. The average molecular weight is 232 g/mol. The van der Waals surface area contributed by atoms with Crippen LogP contribution in [0, 0.1) is 12.8 Å². The smallest absolute Gasteiger partial charge is 0.0313 e. The molecular weight excluding hydrogens is 208 g/mol. The zero-order valence-corrected chi connectivity index (χ0v) is 11.1. The fraction of sp³-hybridized carbons (Fsp3) is 0.667. The quantitative estimate of drug-likeness (QED) is 0.807. The van der Waals surface area contributed by atoms with Crippen LogP contribution in [0.2, 0.25) is 0 Å². The molecule has 1 fully saturated rings. The van der Waals surface area contributed by atoms with E-state index in [1.165, 1.54) is 43.2 Å². The highest BCUT2D eigenvalue weighted by molar-refractivity contribution is 5.16. The molecule has 0 amide bonds. The van der Waals surface area contributed by atoms with Crippen LogP contribution < -0.4 is 5.32 Å². The summed E-state index contributed by atoms with van der Waals surface area (Å²) < 4.78 is 0. The monoisotopic (exact) mass is 232 g/mol. The molecule has 0 radical (unpaired) electrons. The second-order valence-corrected chi connectivity index (χ2v) is 5.47. The standard InChI is InChI=1S/C15H24N2/c1-12-8-14(10-16-9-12)11-17-15-7-5-3-4-6-13(15)2/h8-10,13,15,17H,3-7,11H2,1-2H3. The van der Waals surface area contributed by atoms with Crippen LogP contribution in [0.5, 0.6) is 0 Å². The lowest BCUT2D eigenvalue weighted by Gasteiger charge is -2.22. The molecule has 0 aliphatic heterocycles. The van der Waals surface area contributed by atoms with Gasteiger partial charge >= 0.3 is 0 Å². The normalized spacial score (nSPS) is 25.5. The lowest BCUT2D eigenvalue weighted by atomic mass is 9.97. The Balaban J connectivity index is 1.88. The number of rotatable bonds is 3. The van der Waals surface area contributed by atoms with Gasteiger partial charge in [-0.3, -0.25) is 4.98 Å². The summed E-state index contributed by atoms with van der Waals surface area (Å²) in [4.78, 5) is 4.25. The van der Waals surface area contributed by atoms with Crippen molar-refractivity contribution >= 4 is 0 Å². The van der Waals surface area contributed by atoms with Crippen molar-refractivity contribution in [3.8, 4) is 0 Å². The van der Waals surface area contributed by atoms with E-state index in [4.69, 9.17) is 0 Å². The third-order valence-electron chi connectivity index (χ3n) is 3.86. The predicted molar refractivity (Wildman–Crippen MR) is 71.9 cm³/mol. The SMILES string of the molecule is Cc1cncc(CNC2CCCCCC2C)c1. The summed E-state index contributed by atoms with van der Waals surface area (Å²) in [5, 5.41) is 3.71. The van der Waals surface area contributed by atoms with Crippen molar-refractivity contribution in [3.63, 3.8) is 0 Å². The molecule has 0 aromatic carbocycles. The number of pyridine rings is 1. The third-order valence-corrected chi connectivity index (χ3v) is 3.86. The molecule has 0 saturated heterocycles. The molecule has 2 rings (SSSR count). The van der Waals surface area contributed by atoms with Crippen molar-refractivity contribution in [2.24, 2.45) is 5.92 Å². The molecule has 1 aromatic rings. The zero-order chi connectivity index (χ0) is 12.1. The van der Waals surface area contributed by atoms with Gasteiger partial charge in [0.25, 0.3) is 0 Å². The minimum absolute atomic E-state index is 0.693. The van der Waals surface area contributed by atoms with Gasteiger partial charge in [0.05, 0.1) is 0 Å². The van der Waals surface area contributed by atoms with E-state index in [1.807, 2.05) is 12.4 Å². The Morgan fingerprint density at radius 3 is 2.88 bits per heavy atom. The molecule has 1 saturated carbocycles. The maximum atomic E-state index is 4.25. The lowest BCUT2D eigenvalue weighted by molar-refractivity contribution is 0.356. The Bertz CT molecular complexity index is 349. The number of hydrogen-bond donors (Lipinski definition) is 1. The van der Waals surface area contributed by atoms with Gasteiger partial charge in [-0.15, -0.1) is 0 Å². The summed E-state index contributed by atoms with van der Waals surface area (Å²) in [6, 6.07) is 2.92. The van der Waals surface area contributed by atoms with E-state index in [2.05, 4.69) is 30.2 Å². The van der Waals surface area contributed by atoms with E-state index in [0.717, 1.165) is 12.5 Å². The number of aromatic nitrogens is 1. The summed E-state index contributed by atoms with van der Waals surface area (Å²) in [5.41, 5.74) is 2.56. The molecule has 2 unspecified atom stereocenters. The molecule has 2 nitrogen and oxygen atoms in total. The Morgan fingerprint density at radius 1 is 1.24 bits per heavy atom. The van der Waals surface area contributed by atoms with Crippen molar-refractivity contribution in [1.82, 2.24) is 10.3 Å². The number of nitrogens with one attached hydrogen (secondary N) is 1. The van der Waals surface area contributed by atoms with Crippen LogP contribution in [0.25, 0.3) is 0 Å². The van der Waals surface area contributed by atoms with Crippen molar-refractivity contribution in [3.05, 3.63) is 29.6 Å². The van der Waals surface area contributed by atoms with Crippen LogP contribution in [0.1, 0.15) is 50.2 Å². The second kappa shape index (κ2) is 6.15. The molecule has 2 heteroatoms. The topological polar surface area (TPSA) is 24.9 Å². The first-order valence-electron chi connectivity index (χ1n) is 6.89. The Hall–Kier alpha value is -0.890. The first-order valence-corrected chi connectivity index (χ1v) is 6.89. The molecule has 1 N–H and O–H groups in total. The van der Waals surface area contributed by atoms with E-state index in [1.54, 1.807) is 0 Å². The van der Waals surface area contributed by atoms with Crippen LogP contribution in [-0.4, -0.2) is 11.0 Å². The lowest BCUT2D eigenvalue weighted by Crippen LogP contribution is -2.33. The summed E-state index contributed by atoms with van der Waals surface area (Å²) in [6.07, 6.45) is 10.8. The van der Waals surface area contributed by atoms with Crippen molar-refractivity contribution in [2.45, 2.75) is 58.5 Å². The van der Waals surface area contributed by atoms with Gasteiger partial charge in [-0.05, 0) is 36.8 Å². The summed E-state index contributed by atoms with van der Waals surface area (Å²) >= 11 is 0. The third kappa shape index (κ3) is 3.81. The van der Waals surface area contributed by atoms with Gasteiger partial charge in [0.15, 0.2) is 0 Å². The Morgan fingerprint density at radius 2 is 2.06 bits per heavy atom. The summed E-state index contributed by atoms with van der Waals surface area (Å²) in [7, 11) is 0. The van der Waals surface area contributed by atoms with Crippen LogP contribution in [0.4, 0.5) is 0 Å². The highest BCUT2D eigenvalue weighted by atomic mass is 14.9. The first-order chi connectivity index (χ1) is 8.25. The molecule has 1 aliphatic rings. The predicted octanol–water partition coefficient (Wildman–Crippen LogP) is 3.45. The van der Waals surface area contributed by atoms with Gasteiger partial charge in [0, 0.05) is 25.0 Å². The van der Waals surface area contributed by atoms with Crippen molar-refractivity contribution in [2.75, 3.05) is 0 Å². The number of aryl methyl sites for hydroxylation is 1. The van der Waals surface area contributed by atoms with Crippen LogP contribution in [0.3, 0.4) is 0 Å². The maximum Gasteiger partial charge on any atom is 0.0313 e. The molecule has 1 aliphatic carbocycles. The molecule has 0 bridgehead atoms. The molecule has 17 heavy (non-hydrogen) atoms. The van der Waals surface area contributed by atoms with Gasteiger partial charge in [-0.25, -0.2) is 0 Å². The molecule has 2 atom stereocenters. The minimum atomic E-state index is 0.693. The Kier molecular flexibility index (Phi) is 4.55. The van der Waals surface area contributed by atoms with Crippen LogP contribution >= 0.6 is 0 Å². The number of nitrogens with zero attached hydrogens (tertiary/aromatic N) is 1. The fourth-order valence-corrected chi connectivity index (χ4v) is 2.76. The minimum Gasteiger partial charge on any atom is -0.310 e. The van der Waals surface area contributed by atoms with E-state index >= 15 is 0 Å². The molecule has 0 spiro atoms. The van der Waals surface area contributed by atoms with Gasteiger partial charge in [0.1, 0.15) is 0 Å². The fourth-order valence-electron chi connectivity index (χ4n) is 2.76. The first kappa shape index (κ1) is 12.6. The van der Waals surface area contributed by atoms with Gasteiger partial charge in [-0.1, -0.05) is 32.3 Å². The van der Waals surface area contributed by atoms with E-state index in [9.17, 15) is 0 Å². The van der Waals surface area contributed by atoms with Crippen LogP contribution in [-0.2, 0) is 6.54 Å². The van der Waals surface area contributed by atoms with E-state index in [0.29, 0.717) is 6.04 Å². The average Bonchev–Trinajstić information content (AvgIpc) is 2.52. The van der Waals surface area contributed by atoms with Gasteiger partial charge in [0.2, 0.25) is 0 Å². The van der Waals surface area contributed by atoms with E-state index < -0.39 is 0 Å². The van der Waals surface area contributed by atoms with Crippen LogP contribution in [0.15, 0.2) is 18.5 Å². The van der Waals surface area contributed by atoms with Gasteiger partial charge in [-0.2, -0.15) is 0 Å². The van der Waals surface area contributed by atoms with E-state index in [-0.39, 0.29) is 0 Å². The number of hydrogen-bond acceptors (Lipinski definition) is 2.